The van der Waals surface area contributed by atoms with Gasteiger partial charge in [0.25, 0.3) is 18.4 Å². The number of carbonyl (C=O) groups excluding carboxylic acids is 2. The lowest BCUT2D eigenvalue weighted by molar-refractivity contribution is -0.248. The van der Waals surface area contributed by atoms with Gasteiger partial charge in [0.05, 0.1) is 24.6 Å². The standard InChI is InChI=1S/C60H87N3O9SSi/c1-44-26-27-49(50(61-44)51(64)71-53(3,4)5)48-28-30-63(45(48)2)42-59-37-57(14)36-58(15,38-59)40-60(39-57,41-59)68-34-31-62(52(65)72-54(6,7)8)32-35-73(66,67)69-43-56(12,13)29-33-70-74(55(9,10)11,46-22-18-16-19-23-46)47-24-20-17-21-25-47/h16-28,30H,29,31-43H2,1-15H3. The lowest BCUT2D eigenvalue weighted by atomic mass is 9.39. The van der Waals surface area contributed by atoms with Crippen LogP contribution in [0.3, 0.4) is 0 Å². The summed E-state index contributed by atoms with van der Waals surface area (Å²) in [7, 11) is -6.83. The van der Waals surface area contributed by atoms with Gasteiger partial charge in [0.15, 0.2) is 5.69 Å². The molecule has 0 radical (unpaired) electrons. The van der Waals surface area contributed by atoms with Crippen LogP contribution in [0.15, 0.2) is 85.1 Å². The van der Waals surface area contributed by atoms with E-state index < -0.39 is 52.7 Å². The largest absolute Gasteiger partial charge is 0.455 e. The number of amides is 1. The maximum absolute atomic E-state index is 13.8. The van der Waals surface area contributed by atoms with Gasteiger partial charge in [-0.25, -0.2) is 14.6 Å². The van der Waals surface area contributed by atoms with Gasteiger partial charge in [-0.05, 0) is 150 Å². The second-order valence-electron chi connectivity index (χ2n) is 26.9. The summed E-state index contributed by atoms with van der Waals surface area (Å²) in [6.07, 6.45) is 8.14. The van der Waals surface area contributed by atoms with Crippen LogP contribution < -0.4 is 10.4 Å². The predicted molar refractivity (Wildman–Crippen MR) is 297 cm³/mol. The monoisotopic (exact) mass is 1050 g/mol. The van der Waals surface area contributed by atoms with Crippen LogP contribution in [0.5, 0.6) is 0 Å². The highest BCUT2D eigenvalue weighted by atomic mass is 32.2. The molecule has 4 fully saturated rings. The Hall–Kier alpha value is -4.34. The first-order chi connectivity index (χ1) is 34.2. The predicted octanol–water partition coefficient (Wildman–Crippen LogP) is 11.8. The normalized spacial score (nSPS) is 23.2. The third kappa shape index (κ3) is 13.4. The number of hydrogen-bond donors (Lipinski definition) is 0. The van der Waals surface area contributed by atoms with Crippen LogP contribution in [0, 0.1) is 35.5 Å². The van der Waals surface area contributed by atoms with Gasteiger partial charge in [-0.1, -0.05) is 115 Å². The van der Waals surface area contributed by atoms with Crippen molar-refractivity contribution in [2.24, 2.45) is 21.7 Å². The number of carbonyl (C=O) groups is 2. The topological polar surface area (TPSA) is 135 Å². The number of hydrogen-bond acceptors (Lipinski definition) is 10. The first kappa shape index (κ1) is 57.4. The lowest BCUT2D eigenvalue weighted by Gasteiger charge is -2.69. The molecule has 2 aromatic heterocycles. The molecule has 4 bridgehead atoms. The quantitative estimate of drug-likeness (QED) is 0.0478. The third-order valence-electron chi connectivity index (χ3n) is 15.5. The zero-order chi connectivity index (χ0) is 54.4. The van der Waals surface area contributed by atoms with E-state index in [-0.39, 0.29) is 53.3 Å². The molecule has 4 aliphatic carbocycles. The molecule has 2 aromatic carbocycles. The third-order valence-corrected chi connectivity index (χ3v) is 21.7. The molecule has 0 saturated heterocycles. The van der Waals surface area contributed by atoms with Crippen molar-refractivity contribution in [3.05, 3.63) is 102 Å². The van der Waals surface area contributed by atoms with Crippen LogP contribution in [0.2, 0.25) is 5.04 Å². The maximum Gasteiger partial charge on any atom is 0.410 e. The average Bonchev–Trinajstić information content (AvgIpc) is 3.61. The maximum atomic E-state index is 13.8. The molecule has 0 N–H and O–H groups in total. The first-order valence-electron chi connectivity index (χ1n) is 26.8. The van der Waals surface area contributed by atoms with Crippen molar-refractivity contribution in [2.45, 2.75) is 177 Å². The Balaban J connectivity index is 1.01. The molecule has 2 unspecified atom stereocenters. The molecular weight excluding hydrogens is 967 g/mol. The zero-order valence-electron chi connectivity index (χ0n) is 47.4. The van der Waals surface area contributed by atoms with Gasteiger partial charge >= 0.3 is 12.1 Å². The van der Waals surface area contributed by atoms with Gasteiger partial charge in [0.1, 0.15) is 11.2 Å². The van der Waals surface area contributed by atoms with Crippen LogP contribution >= 0.6 is 0 Å². The van der Waals surface area contributed by atoms with Crippen molar-refractivity contribution in [2.75, 3.05) is 38.7 Å². The van der Waals surface area contributed by atoms with Gasteiger partial charge in [-0.3, -0.25) is 4.18 Å². The molecule has 8 rings (SSSR count). The summed E-state index contributed by atoms with van der Waals surface area (Å²) >= 11 is 0. The van der Waals surface area contributed by atoms with Crippen LogP contribution in [0.25, 0.3) is 11.1 Å². The number of aromatic nitrogens is 2. The van der Waals surface area contributed by atoms with E-state index >= 15 is 0 Å². The number of rotatable bonds is 20. The van der Waals surface area contributed by atoms with Crippen molar-refractivity contribution in [1.29, 1.82) is 0 Å². The van der Waals surface area contributed by atoms with E-state index in [9.17, 15) is 18.0 Å². The average molecular weight is 1050 g/mol. The van der Waals surface area contributed by atoms with Gasteiger partial charge < -0.3 is 28.1 Å². The van der Waals surface area contributed by atoms with Crippen molar-refractivity contribution in [1.82, 2.24) is 14.5 Å². The Labute approximate surface area is 444 Å². The van der Waals surface area contributed by atoms with E-state index in [1.165, 1.54) is 15.3 Å². The summed E-state index contributed by atoms with van der Waals surface area (Å²) in [5.74, 6) is -0.824. The highest BCUT2D eigenvalue weighted by Gasteiger charge is 2.66. The Morgan fingerprint density at radius 3 is 1.84 bits per heavy atom. The fourth-order valence-corrected chi connectivity index (χ4v) is 19.2. The van der Waals surface area contributed by atoms with Crippen LogP contribution in [0.1, 0.15) is 157 Å². The summed E-state index contributed by atoms with van der Waals surface area (Å²) in [5, 5.41) is 2.19. The van der Waals surface area contributed by atoms with Crippen molar-refractivity contribution >= 4 is 40.9 Å². The summed E-state index contributed by atoms with van der Waals surface area (Å²) in [6.45, 7) is 32.1. The fourth-order valence-electron chi connectivity index (χ4n) is 13.6. The molecule has 4 aliphatic rings. The van der Waals surface area contributed by atoms with Crippen LogP contribution in [0.4, 0.5) is 4.79 Å². The molecule has 12 nitrogen and oxygen atoms in total. The van der Waals surface area contributed by atoms with E-state index in [0.29, 0.717) is 18.7 Å². The molecule has 2 atom stereocenters. The van der Waals surface area contributed by atoms with Crippen LogP contribution in [-0.4, -0.2) is 98.7 Å². The second-order valence-corrected chi connectivity index (χ2v) is 33.0. The summed E-state index contributed by atoms with van der Waals surface area (Å²) in [4.78, 5) is 33.4. The molecule has 4 saturated carbocycles. The molecule has 14 heteroatoms. The summed E-state index contributed by atoms with van der Waals surface area (Å²) < 4.78 is 61.4. The number of esters is 1. The molecular formula is C60H87N3O9SSi. The Morgan fingerprint density at radius 1 is 0.703 bits per heavy atom. The Bertz CT molecular complexity index is 2680. The minimum atomic E-state index is -4.05. The van der Waals surface area contributed by atoms with Gasteiger partial charge in [0, 0.05) is 55.0 Å². The Kier molecular flexibility index (Phi) is 16.2. The second kappa shape index (κ2) is 20.9. The van der Waals surface area contributed by atoms with E-state index in [0.717, 1.165) is 67.6 Å². The van der Waals surface area contributed by atoms with E-state index in [2.05, 4.69) is 112 Å². The lowest BCUT2D eigenvalue weighted by Crippen LogP contribution is -2.66. The van der Waals surface area contributed by atoms with E-state index in [1.54, 1.807) is 0 Å². The summed E-state index contributed by atoms with van der Waals surface area (Å²) in [5.41, 5.74) is 1.56. The smallest absolute Gasteiger partial charge is 0.410 e. The van der Waals surface area contributed by atoms with Crippen molar-refractivity contribution in [3.8, 4) is 11.1 Å². The Morgan fingerprint density at radius 2 is 1.28 bits per heavy atom. The number of ether oxygens (including phenoxy) is 3. The summed E-state index contributed by atoms with van der Waals surface area (Å²) in [6, 6.07) is 27.0. The van der Waals surface area contributed by atoms with Gasteiger partial charge in [-0.2, -0.15) is 8.42 Å². The fraction of sp³-hybridized carbons (Fsp3) is 0.617. The van der Waals surface area contributed by atoms with E-state index in [4.69, 9.17) is 22.8 Å². The van der Waals surface area contributed by atoms with E-state index in [1.807, 2.05) is 86.6 Å². The molecule has 0 spiro atoms. The minimum Gasteiger partial charge on any atom is -0.455 e. The molecule has 0 aliphatic heterocycles. The molecule has 2 heterocycles. The molecule has 406 valence electrons. The van der Waals surface area contributed by atoms with Gasteiger partial charge in [0.2, 0.25) is 0 Å². The number of pyridine rings is 1. The molecule has 4 aromatic rings. The zero-order valence-corrected chi connectivity index (χ0v) is 49.2. The van der Waals surface area contributed by atoms with Crippen molar-refractivity contribution in [3.63, 3.8) is 0 Å². The highest BCUT2D eigenvalue weighted by Crippen LogP contribution is 2.72. The SMILES string of the molecule is Cc1ccc(-c2ccn(CC34CC5(C)CC(C)(C3)CC(OCCN(CCS(=O)(=O)OCC(C)(C)CCO[Si](c3ccccc3)(c3ccccc3)C(C)(C)C)C(=O)OC(C)(C)C)(C5)C4)c2C)c(C(=O)OC(C)(C)C)n1. The number of benzene rings is 2. The minimum absolute atomic E-state index is 0.0308. The number of nitrogens with zero attached hydrogens (tertiary/aromatic N) is 3. The van der Waals surface area contributed by atoms with Crippen molar-refractivity contribution < 1.29 is 40.8 Å². The van der Waals surface area contributed by atoms with Crippen LogP contribution in [-0.2, 0) is 39.5 Å². The van der Waals surface area contributed by atoms with Gasteiger partial charge in [-0.15, -0.1) is 0 Å². The first-order valence-corrected chi connectivity index (χ1v) is 30.3. The highest BCUT2D eigenvalue weighted by molar-refractivity contribution is 7.86. The molecule has 74 heavy (non-hydrogen) atoms. The molecule has 1 amide bonds. The number of aryl methyl sites for hydroxylation is 1.